The van der Waals surface area contributed by atoms with E-state index >= 15 is 0 Å². The number of carbonyl (C=O) groups excluding carboxylic acids is 1. The lowest BCUT2D eigenvalue weighted by atomic mass is 9.85. The van der Waals surface area contributed by atoms with E-state index in [1.54, 1.807) is 31.3 Å². The Hall–Kier alpha value is -2.11. The molecule has 0 radical (unpaired) electrons. The molecule has 2 N–H and O–H groups in total. The fourth-order valence-electron chi connectivity index (χ4n) is 2.75. The molecule has 0 aromatic carbocycles. The van der Waals surface area contributed by atoms with Gasteiger partial charge in [0.2, 0.25) is 0 Å². The zero-order valence-corrected chi connectivity index (χ0v) is 12.4. The molecule has 1 aliphatic rings. The van der Waals surface area contributed by atoms with Gasteiger partial charge in [-0.2, -0.15) is 0 Å². The summed E-state index contributed by atoms with van der Waals surface area (Å²) in [4.78, 5) is 29.1. The van der Waals surface area contributed by atoms with Gasteiger partial charge in [-0.3, -0.25) is 9.78 Å². The second-order valence-corrected chi connectivity index (χ2v) is 5.83. The molecule has 0 saturated heterocycles. The highest BCUT2D eigenvalue weighted by atomic mass is 16.4. The van der Waals surface area contributed by atoms with E-state index in [0.717, 1.165) is 12.0 Å². The standard InChI is InChI=1S/C15H21N3O3/c1-15(13(19)20)7-3-4-12(15)17-14(21)18(2)10-11-5-8-16-9-6-11/h5-6,8-9,12H,3-4,7,10H2,1-2H3,(H,17,21)(H,19,20). The summed E-state index contributed by atoms with van der Waals surface area (Å²) >= 11 is 0. The number of carboxylic acids is 1. The topological polar surface area (TPSA) is 82.5 Å². The quantitative estimate of drug-likeness (QED) is 0.887. The molecule has 6 nitrogen and oxygen atoms in total. The Balaban J connectivity index is 1.96. The molecule has 21 heavy (non-hydrogen) atoms. The molecule has 0 spiro atoms. The molecular weight excluding hydrogens is 270 g/mol. The SMILES string of the molecule is CN(Cc1ccncc1)C(=O)NC1CCCC1(C)C(=O)O. The summed E-state index contributed by atoms with van der Waals surface area (Å²) < 4.78 is 0. The number of aliphatic carboxylic acids is 1. The van der Waals surface area contributed by atoms with Gasteiger partial charge in [-0.15, -0.1) is 0 Å². The van der Waals surface area contributed by atoms with E-state index in [9.17, 15) is 14.7 Å². The maximum absolute atomic E-state index is 12.2. The van der Waals surface area contributed by atoms with Crippen LogP contribution in [0.25, 0.3) is 0 Å². The Kier molecular flexibility index (Phi) is 4.45. The lowest BCUT2D eigenvalue weighted by Gasteiger charge is -2.29. The van der Waals surface area contributed by atoms with Crippen LogP contribution in [-0.2, 0) is 11.3 Å². The largest absolute Gasteiger partial charge is 0.481 e. The zero-order chi connectivity index (χ0) is 15.5. The molecule has 1 saturated carbocycles. The van der Waals surface area contributed by atoms with Gasteiger partial charge in [-0.1, -0.05) is 6.42 Å². The van der Waals surface area contributed by atoms with Gasteiger partial charge in [0.15, 0.2) is 0 Å². The predicted octanol–water partition coefficient (Wildman–Crippen LogP) is 1.87. The molecule has 1 heterocycles. The minimum absolute atomic E-state index is 0.244. The summed E-state index contributed by atoms with van der Waals surface area (Å²) in [6.07, 6.45) is 5.49. The monoisotopic (exact) mass is 291 g/mol. The average Bonchev–Trinajstić information content (AvgIpc) is 2.82. The first-order valence-electron chi connectivity index (χ1n) is 7.07. The molecule has 1 aromatic heterocycles. The smallest absolute Gasteiger partial charge is 0.317 e. The fraction of sp³-hybridized carbons (Fsp3) is 0.533. The normalized spacial score (nSPS) is 24.6. The number of nitrogens with zero attached hydrogens (tertiary/aromatic N) is 2. The number of nitrogens with one attached hydrogen (secondary N) is 1. The first-order valence-corrected chi connectivity index (χ1v) is 7.07. The Morgan fingerprint density at radius 1 is 1.48 bits per heavy atom. The van der Waals surface area contributed by atoms with Crippen molar-refractivity contribution in [1.29, 1.82) is 0 Å². The third kappa shape index (κ3) is 3.32. The van der Waals surface area contributed by atoms with Crippen LogP contribution in [-0.4, -0.2) is 40.1 Å². The summed E-state index contributed by atoms with van der Waals surface area (Å²) in [5, 5.41) is 12.2. The third-order valence-corrected chi connectivity index (χ3v) is 4.26. The lowest BCUT2D eigenvalue weighted by Crippen LogP contribution is -2.50. The molecule has 1 fully saturated rings. The van der Waals surface area contributed by atoms with E-state index < -0.39 is 11.4 Å². The van der Waals surface area contributed by atoms with Crippen LogP contribution >= 0.6 is 0 Å². The minimum atomic E-state index is -0.868. The molecule has 0 bridgehead atoms. The van der Waals surface area contributed by atoms with Crippen molar-refractivity contribution in [2.45, 2.75) is 38.8 Å². The molecule has 2 rings (SSSR count). The molecule has 0 aliphatic heterocycles. The van der Waals surface area contributed by atoms with Crippen LogP contribution in [0, 0.1) is 5.41 Å². The van der Waals surface area contributed by atoms with Crippen molar-refractivity contribution in [1.82, 2.24) is 15.2 Å². The van der Waals surface area contributed by atoms with Gasteiger partial charge in [0.05, 0.1) is 5.41 Å². The zero-order valence-electron chi connectivity index (χ0n) is 12.4. The number of carbonyl (C=O) groups is 2. The van der Waals surface area contributed by atoms with Crippen LogP contribution < -0.4 is 5.32 Å². The van der Waals surface area contributed by atoms with Crippen molar-refractivity contribution in [3.63, 3.8) is 0 Å². The van der Waals surface area contributed by atoms with Crippen LogP contribution in [0.1, 0.15) is 31.7 Å². The van der Waals surface area contributed by atoms with Gasteiger partial charge < -0.3 is 15.3 Å². The van der Waals surface area contributed by atoms with E-state index in [1.807, 2.05) is 12.1 Å². The molecule has 2 amide bonds. The summed E-state index contributed by atoms with van der Waals surface area (Å²) in [7, 11) is 1.70. The van der Waals surface area contributed by atoms with Crippen molar-refractivity contribution >= 4 is 12.0 Å². The Morgan fingerprint density at radius 2 is 2.14 bits per heavy atom. The number of hydrogen-bond donors (Lipinski definition) is 2. The van der Waals surface area contributed by atoms with Gasteiger partial charge in [-0.25, -0.2) is 4.79 Å². The molecular formula is C15H21N3O3. The Bertz CT molecular complexity index is 520. The van der Waals surface area contributed by atoms with Crippen molar-refractivity contribution in [3.8, 4) is 0 Å². The van der Waals surface area contributed by atoms with Gasteiger partial charge in [0.1, 0.15) is 0 Å². The lowest BCUT2D eigenvalue weighted by molar-refractivity contribution is -0.148. The van der Waals surface area contributed by atoms with Crippen LogP contribution in [0.3, 0.4) is 0 Å². The maximum Gasteiger partial charge on any atom is 0.317 e. The highest BCUT2D eigenvalue weighted by Crippen LogP contribution is 2.38. The number of aromatic nitrogens is 1. The van der Waals surface area contributed by atoms with E-state index in [4.69, 9.17) is 0 Å². The first kappa shape index (κ1) is 15.3. The Morgan fingerprint density at radius 3 is 2.76 bits per heavy atom. The van der Waals surface area contributed by atoms with Crippen molar-refractivity contribution in [2.75, 3.05) is 7.05 Å². The second-order valence-electron chi connectivity index (χ2n) is 5.83. The second kappa shape index (κ2) is 6.11. The number of carboxylic acid groups (broad SMARTS) is 1. The van der Waals surface area contributed by atoms with E-state index in [1.165, 1.54) is 0 Å². The summed E-state index contributed by atoms with van der Waals surface area (Å²) in [5.74, 6) is -0.845. The Labute approximate surface area is 124 Å². The number of rotatable bonds is 4. The highest BCUT2D eigenvalue weighted by Gasteiger charge is 2.46. The molecule has 2 atom stereocenters. The number of hydrogen-bond acceptors (Lipinski definition) is 3. The minimum Gasteiger partial charge on any atom is -0.481 e. The summed E-state index contributed by atoms with van der Waals surface area (Å²) in [6.45, 7) is 2.17. The van der Waals surface area contributed by atoms with Gasteiger partial charge in [0.25, 0.3) is 0 Å². The van der Waals surface area contributed by atoms with Gasteiger partial charge >= 0.3 is 12.0 Å². The summed E-state index contributed by atoms with van der Waals surface area (Å²) in [6, 6.07) is 3.13. The predicted molar refractivity (Wildman–Crippen MR) is 77.6 cm³/mol. The van der Waals surface area contributed by atoms with E-state index in [-0.39, 0.29) is 12.1 Å². The molecule has 1 aromatic rings. The van der Waals surface area contributed by atoms with E-state index in [0.29, 0.717) is 19.4 Å². The summed E-state index contributed by atoms with van der Waals surface area (Å²) in [5.41, 5.74) is 0.114. The molecule has 114 valence electrons. The van der Waals surface area contributed by atoms with E-state index in [2.05, 4.69) is 10.3 Å². The van der Waals surface area contributed by atoms with Gasteiger partial charge in [0, 0.05) is 32.0 Å². The third-order valence-electron chi connectivity index (χ3n) is 4.26. The molecule has 1 aliphatic carbocycles. The average molecular weight is 291 g/mol. The van der Waals surface area contributed by atoms with Crippen LogP contribution in [0.2, 0.25) is 0 Å². The van der Waals surface area contributed by atoms with Crippen molar-refractivity contribution in [2.24, 2.45) is 5.41 Å². The van der Waals surface area contributed by atoms with Crippen LogP contribution in [0.4, 0.5) is 4.79 Å². The molecule has 6 heteroatoms. The first-order chi connectivity index (χ1) is 9.93. The van der Waals surface area contributed by atoms with Crippen LogP contribution in [0.15, 0.2) is 24.5 Å². The van der Waals surface area contributed by atoms with Crippen LogP contribution in [0.5, 0.6) is 0 Å². The van der Waals surface area contributed by atoms with Crippen molar-refractivity contribution in [3.05, 3.63) is 30.1 Å². The fourth-order valence-corrected chi connectivity index (χ4v) is 2.75. The molecule has 2 unspecified atom stereocenters. The van der Waals surface area contributed by atoms with Gasteiger partial charge in [-0.05, 0) is 37.5 Å². The maximum atomic E-state index is 12.2. The number of urea groups is 1. The number of pyridine rings is 1. The highest BCUT2D eigenvalue weighted by molar-refractivity contribution is 5.79. The van der Waals surface area contributed by atoms with Crippen molar-refractivity contribution < 1.29 is 14.7 Å². The number of amides is 2.